The molecule has 3 rings (SSSR count). The second-order valence-electron chi connectivity index (χ2n) is 7.96. The third kappa shape index (κ3) is 5.17. The smallest absolute Gasteiger partial charge is 0.227 e. The van der Waals surface area contributed by atoms with Gasteiger partial charge in [-0.05, 0) is 41.3 Å². The van der Waals surface area contributed by atoms with Gasteiger partial charge in [0.1, 0.15) is 0 Å². The molecule has 0 aliphatic heterocycles. The molecule has 1 amide bonds. The van der Waals surface area contributed by atoms with E-state index < -0.39 is 0 Å². The van der Waals surface area contributed by atoms with Gasteiger partial charge < -0.3 is 19.3 Å². The van der Waals surface area contributed by atoms with Gasteiger partial charge in [0.05, 0.1) is 14.2 Å². The van der Waals surface area contributed by atoms with E-state index in [2.05, 4.69) is 36.2 Å². The van der Waals surface area contributed by atoms with Crippen LogP contribution in [0.4, 0.5) is 5.69 Å². The van der Waals surface area contributed by atoms with Crippen molar-refractivity contribution in [2.45, 2.75) is 39.0 Å². The maximum atomic E-state index is 12.3. The molecule has 0 saturated heterocycles. The average Bonchev–Trinajstić information content (AvgIpc) is 3.20. The van der Waals surface area contributed by atoms with E-state index in [9.17, 15) is 4.79 Å². The Morgan fingerprint density at radius 2 is 1.73 bits per heavy atom. The van der Waals surface area contributed by atoms with Crippen LogP contribution < -0.4 is 14.8 Å². The highest BCUT2D eigenvalue weighted by Gasteiger charge is 2.15. The molecule has 0 fully saturated rings. The van der Waals surface area contributed by atoms with E-state index in [1.807, 2.05) is 30.3 Å². The lowest BCUT2D eigenvalue weighted by Gasteiger charge is -2.19. The highest BCUT2D eigenvalue weighted by Crippen LogP contribution is 2.31. The van der Waals surface area contributed by atoms with Crippen molar-refractivity contribution >= 4 is 11.6 Å². The Hall–Kier alpha value is -3.35. The van der Waals surface area contributed by atoms with Crippen molar-refractivity contribution in [1.82, 2.24) is 10.1 Å². The maximum Gasteiger partial charge on any atom is 0.227 e. The van der Waals surface area contributed by atoms with Gasteiger partial charge in [-0.15, -0.1) is 0 Å². The molecule has 0 aliphatic rings. The first-order valence-electron chi connectivity index (χ1n) is 9.75. The largest absolute Gasteiger partial charge is 0.493 e. The van der Waals surface area contributed by atoms with E-state index in [4.69, 9.17) is 14.0 Å². The van der Waals surface area contributed by atoms with E-state index in [-0.39, 0.29) is 17.7 Å². The van der Waals surface area contributed by atoms with E-state index in [1.54, 1.807) is 26.4 Å². The van der Waals surface area contributed by atoms with Crippen LogP contribution in [0.3, 0.4) is 0 Å². The summed E-state index contributed by atoms with van der Waals surface area (Å²) in [4.78, 5) is 16.6. The molecule has 30 heavy (non-hydrogen) atoms. The van der Waals surface area contributed by atoms with Gasteiger partial charge in [-0.3, -0.25) is 4.79 Å². The van der Waals surface area contributed by atoms with E-state index >= 15 is 0 Å². The molecule has 1 N–H and O–H groups in total. The summed E-state index contributed by atoms with van der Waals surface area (Å²) >= 11 is 0. The summed E-state index contributed by atoms with van der Waals surface area (Å²) in [7, 11) is 3.15. The predicted molar refractivity (Wildman–Crippen MR) is 115 cm³/mol. The lowest BCUT2D eigenvalue weighted by atomic mass is 9.87. The highest BCUT2D eigenvalue weighted by molar-refractivity contribution is 5.90. The normalized spacial score (nSPS) is 11.2. The minimum atomic E-state index is -0.107. The number of hydrogen-bond donors (Lipinski definition) is 1. The Morgan fingerprint density at radius 1 is 1.03 bits per heavy atom. The van der Waals surface area contributed by atoms with Gasteiger partial charge in [-0.1, -0.05) is 38.1 Å². The number of methoxy groups -OCH3 is 2. The monoisotopic (exact) mass is 409 g/mol. The first kappa shape index (κ1) is 21.4. The summed E-state index contributed by atoms with van der Waals surface area (Å²) in [5.41, 5.74) is 2.80. The number of nitrogens with zero attached hydrogens (tertiary/aromatic N) is 2. The topological polar surface area (TPSA) is 86.5 Å². The van der Waals surface area contributed by atoms with Crippen molar-refractivity contribution in [2.24, 2.45) is 0 Å². The number of anilines is 1. The number of nitrogens with one attached hydrogen (secondary N) is 1. The first-order chi connectivity index (χ1) is 14.3. The van der Waals surface area contributed by atoms with Gasteiger partial charge in [0.2, 0.25) is 17.6 Å². The van der Waals surface area contributed by atoms with Gasteiger partial charge in [0.15, 0.2) is 11.5 Å². The number of amides is 1. The third-order valence-corrected chi connectivity index (χ3v) is 4.71. The van der Waals surface area contributed by atoms with Crippen LogP contribution in [-0.2, 0) is 16.6 Å². The Morgan fingerprint density at radius 3 is 2.37 bits per heavy atom. The molecule has 2 aromatic carbocycles. The molecule has 0 bridgehead atoms. The van der Waals surface area contributed by atoms with Crippen molar-refractivity contribution in [2.75, 3.05) is 19.5 Å². The summed E-state index contributed by atoms with van der Waals surface area (Å²) in [6.45, 7) is 6.46. The molecule has 0 unspecified atom stereocenters. The Kier molecular flexibility index (Phi) is 6.40. The number of rotatable bonds is 7. The van der Waals surface area contributed by atoms with Crippen LogP contribution in [-0.4, -0.2) is 30.3 Å². The fraction of sp³-hybridized carbons (Fsp3) is 0.348. The molecule has 1 heterocycles. The van der Waals surface area contributed by atoms with Crippen LogP contribution in [0.5, 0.6) is 11.5 Å². The van der Waals surface area contributed by atoms with Crippen molar-refractivity contribution in [1.29, 1.82) is 0 Å². The summed E-state index contributed by atoms with van der Waals surface area (Å²) in [6.07, 6.45) is 0.598. The summed E-state index contributed by atoms with van der Waals surface area (Å²) in [5, 5.41) is 6.90. The van der Waals surface area contributed by atoms with Crippen molar-refractivity contribution in [3.05, 3.63) is 53.9 Å². The lowest BCUT2D eigenvalue weighted by molar-refractivity contribution is -0.116. The maximum absolute atomic E-state index is 12.3. The molecule has 1 aromatic heterocycles. The summed E-state index contributed by atoms with van der Waals surface area (Å²) in [5.74, 6) is 1.93. The Labute approximate surface area is 176 Å². The zero-order valence-corrected chi connectivity index (χ0v) is 18.0. The molecule has 3 aromatic rings. The fourth-order valence-electron chi connectivity index (χ4n) is 2.95. The zero-order valence-electron chi connectivity index (χ0n) is 18.0. The minimum Gasteiger partial charge on any atom is -0.493 e. The average molecular weight is 409 g/mol. The molecule has 0 saturated carbocycles. The van der Waals surface area contributed by atoms with Gasteiger partial charge >= 0.3 is 0 Å². The van der Waals surface area contributed by atoms with Crippen molar-refractivity contribution in [3.63, 3.8) is 0 Å². The molecular weight excluding hydrogens is 382 g/mol. The molecular formula is C23H27N3O4. The quantitative estimate of drug-likeness (QED) is 0.613. The fourth-order valence-corrected chi connectivity index (χ4v) is 2.95. The molecule has 0 atom stereocenters. The molecule has 158 valence electrons. The standard InChI is InChI=1S/C23H27N3O4/c1-23(2,3)16-7-9-17(10-8-16)24-20(27)12-13-21-25-22(26-30-21)15-6-11-18(28-4)19(14-15)29-5/h6-11,14H,12-13H2,1-5H3,(H,24,27). The van der Waals surface area contributed by atoms with Crippen LogP contribution >= 0.6 is 0 Å². The van der Waals surface area contributed by atoms with Gasteiger partial charge in [0, 0.05) is 24.1 Å². The van der Waals surface area contributed by atoms with Crippen molar-refractivity contribution < 1.29 is 18.8 Å². The number of aromatic nitrogens is 2. The van der Waals surface area contributed by atoms with Gasteiger partial charge in [-0.25, -0.2) is 0 Å². The van der Waals surface area contributed by atoms with E-state index in [0.29, 0.717) is 29.6 Å². The number of hydrogen-bond acceptors (Lipinski definition) is 6. The summed E-state index contributed by atoms with van der Waals surface area (Å²) in [6, 6.07) is 13.3. The number of ether oxygens (including phenoxy) is 2. The SMILES string of the molecule is COc1ccc(-c2noc(CCC(=O)Nc3ccc(C(C)(C)C)cc3)n2)cc1OC. The lowest BCUT2D eigenvalue weighted by Crippen LogP contribution is -2.14. The van der Waals surface area contributed by atoms with Crippen LogP contribution in [0.1, 0.15) is 38.6 Å². The molecule has 0 radical (unpaired) electrons. The molecule has 0 spiro atoms. The number of benzene rings is 2. The summed E-state index contributed by atoms with van der Waals surface area (Å²) < 4.78 is 15.8. The van der Waals surface area contributed by atoms with Crippen LogP contribution in [0.15, 0.2) is 47.0 Å². The zero-order chi connectivity index (χ0) is 21.7. The van der Waals surface area contributed by atoms with Crippen LogP contribution in [0.2, 0.25) is 0 Å². The number of aryl methyl sites for hydroxylation is 1. The molecule has 7 nitrogen and oxygen atoms in total. The second-order valence-corrected chi connectivity index (χ2v) is 7.96. The Bertz CT molecular complexity index is 1000. The predicted octanol–water partition coefficient (Wildman–Crippen LogP) is 4.62. The Balaban J connectivity index is 1.58. The first-order valence-corrected chi connectivity index (χ1v) is 9.75. The molecule has 7 heteroatoms. The van der Waals surface area contributed by atoms with Crippen LogP contribution in [0, 0.1) is 0 Å². The van der Waals surface area contributed by atoms with Gasteiger partial charge in [-0.2, -0.15) is 4.98 Å². The van der Waals surface area contributed by atoms with E-state index in [1.165, 1.54) is 5.56 Å². The van der Waals surface area contributed by atoms with Crippen molar-refractivity contribution in [3.8, 4) is 22.9 Å². The number of carbonyl (C=O) groups is 1. The highest BCUT2D eigenvalue weighted by atomic mass is 16.5. The number of carbonyl (C=O) groups excluding carboxylic acids is 1. The third-order valence-electron chi connectivity index (χ3n) is 4.71. The van der Waals surface area contributed by atoms with Gasteiger partial charge in [0.25, 0.3) is 0 Å². The minimum absolute atomic E-state index is 0.0755. The molecule has 0 aliphatic carbocycles. The van der Waals surface area contributed by atoms with E-state index in [0.717, 1.165) is 11.3 Å². The second kappa shape index (κ2) is 8.98. The van der Waals surface area contributed by atoms with Crippen LogP contribution in [0.25, 0.3) is 11.4 Å².